The van der Waals surface area contributed by atoms with E-state index in [9.17, 15) is 0 Å². The first-order chi connectivity index (χ1) is 9.51. The summed E-state index contributed by atoms with van der Waals surface area (Å²) in [5.41, 5.74) is 2.75. The van der Waals surface area contributed by atoms with Crippen molar-refractivity contribution in [2.24, 2.45) is 10.9 Å². The van der Waals surface area contributed by atoms with Crippen LogP contribution in [0.15, 0.2) is 29.3 Å². The molecule has 1 aliphatic carbocycles. The topological polar surface area (TPSA) is 36.4 Å². The highest BCUT2D eigenvalue weighted by Crippen LogP contribution is 2.27. The second-order valence-electron chi connectivity index (χ2n) is 6.50. The number of guanidine groups is 1. The Morgan fingerprint density at radius 1 is 1.20 bits per heavy atom. The first-order valence-electron chi connectivity index (χ1n) is 7.53. The molecule has 20 heavy (non-hydrogen) atoms. The number of rotatable bonds is 5. The van der Waals surface area contributed by atoms with Gasteiger partial charge < -0.3 is 10.6 Å². The van der Waals surface area contributed by atoms with Crippen molar-refractivity contribution >= 4 is 5.96 Å². The van der Waals surface area contributed by atoms with Crippen LogP contribution >= 0.6 is 0 Å². The molecule has 3 nitrogen and oxygen atoms in total. The SMILES string of the molecule is CN=C(NCC1CC1)NCC(C)(C)c1ccc(C)cc1. The van der Waals surface area contributed by atoms with Crippen molar-refractivity contribution in [3.8, 4) is 0 Å². The van der Waals surface area contributed by atoms with E-state index in [-0.39, 0.29) is 5.41 Å². The third-order valence-corrected chi connectivity index (χ3v) is 4.01. The quantitative estimate of drug-likeness (QED) is 0.639. The molecule has 0 atom stereocenters. The molecule has 0 radical (unpaired) electrons. The Balaban J connectivity index is 1.87. The molecule has 1 aliphatic rings. The van der Waals surface area contributed by atoms with Crippen molar-refractivity contribution in [2.45, 2.75) is 39.0 Å². The molecular formula is C17H27N3. The summed E-state index contributed by atoms with van der Waals surface area (Å²) in [6, 6.07) is 8.79. The lowest BCUT2D eigenvalue weighted by molar-refractivity contribution is 0.508. The molecule has 1 aromatic rings. The molecule has 0 amide bonds. The fourth-order valence-corrected chi connectivity index (χ4v) is 2.20. The predicted octanol–water partition coefficient (Wildman–Crippen LogP) is 2.85. The Bertz CT molecular complexity index is 456. The van der Waals surface area contributed by atoms with E-state index >= 15 is 0 Å². The Kier molecular flexibility index (Phi) is 4.69. The molecule has 2 rings (SSSR count). The van der Waals surface area contributed by atoms with Gasteiger partial charge in [-0.15, -0.1) is 0 Å². The molecule has 0 aromatic heterocycles. The molecule has 0 saturated heterocycles. The molecule has 0 heterocycles. The highest BCUT2D eigenvalue weighted by atomic mass is 15.2. The van der Waals surface area contributed by atoms with E-state index in [2.05, 4.69) is 60.7 Å². The van der Waals surface area contributed by atoms with E-state index in [4.69, 9.17) is 0 Å². The lowest BCUT2D eigenvalue weighted by Crippen LogP contribution is -2.44. The molecule has 3 heteroatoms. The highest BCUT2D eigenvalue weighted by Gasteiger charge is 2.23. The van der Waals surface area contributed by atoms with E-state index in [1.807, 2.05) is 7.05 Å². The van der Waals surface area contributed by atoms with Crippen LogP contribution in [0.2, 0.25) is 0 Å². The van der Waals surface area contributed by atoms with Crippen LogP contribution < -0.4 is 10.6 Å². The van der Waals surface area contributed by atoms with Crippen LogP contribution in [0.4, 0.5) is 0 Å². The number of hydrogen-bond donors (Lipinski definition) is 2. The average Bonchev–Trinajstić information content (AvgIpc) is 3.23. The van der Waals surface area contributed by atoms with Gasteiger partial charge in [0.2, 0.25) is 0 Å². The summed E-state index contributed by atoms with van der Waals surface area (Å²) in [4.78, 5) is 4.29. The van der Waals surface area contributed by atoms with E-state index < -0.39 is 0 Å². The second kappa shape index (κ2) is 6.29. The fourth-order valence-electron chi connectivity index (χ4n) is 2.20. The van der Waals surface area contributed by atoms with Crippen LogP contribution in [0.3, 0.4) is 0 Å². The van der Waals surface area contributed by atoms with Crippen LogP contribution in [-0.4, -0.2) is 26.1 Å². The standard InChI is InChI=1S/C17H27N3/c1-13-5-9-15(10-6-13)17(2,3)12-20-16(18-4)19-11-14-7-8-14/h5-6,9-10,14H,7-8,11-12H2,1-4H3,(H2,18,19,20). The first kappa shape index (κ1) is 14.9. The van der Waals surface area contributed by atoms with E-state index in [0.717, 1.165) is 25.0 Å². The summed E-state index contributed by atoms with van der Waals surface area (Å²) in [5, 5.41) is 6.85. The van der Waals surface area contributed by atoms with Crippen LogP contribution in [0.1, 0.15) is 37.8 Å². The molecule has 0 aliphatic heterocycles. The van der Waals surface area contributed by atoms with Crippen molar-refractivity contribution in [3.63, 3.8) is 0 Å². The normalized spacial score (nSPS) is 16.1. The smallest absolute Gasteiger partial charge is 0.191 e. The highest BCUT2D eigenvalue weighted by molar-refractivity contribution is 5.79. The van der Waals surface area contributed by atoms with Gasteiger partial charge in [0.1, 0.15) is 0 Å². The number of hydrogen-bond acceptors (Lipinski definition) is 1. The largest absolute Gasteiger partial charge is 0.356 e. The Morgan fingerprint density at radius 2 is 1.85 bits per heavy atom. The van der Waals surface area contributed by atoms with Gasteiger partial charge in [-0.2, -0.15) is 0 Å². The van der Waals surface area contributed by atoms with Gasteiger partial charge in [-0.3, -0.25) is 4.99 Å². The maximum atomic E-state index is 4.29. The second-order valence-corrected chi connectivity index (χ2v) is 6.50. The lowest BCUT2D eigenvalue weighted by Gasteiger charge is -2.27. The minimum atomic E-state index is 0.0882. The fraction of sp³-hybridized carbons (Fsp3) is 0.588. The summed E-state index contributed by atoms with van der Waals surface area (Å²) < 4.78 is 0. The van der Waals surface area contributed by atoms with Crippen LogP contribution in [0.5, 0.6) is 0 Å². The number of benzene rings is 1. The number of aliphatic imine (C=N–C) groups is 1. The number of aryl methyl sites for hydroxylation is 1. The Morgan fingerprint density at radius 3 is 2.40 bits per heavy atom. The molecule has 0 unspecified atom stereocenters. The van der Waals surface area contributed by atoms with Crippen LogP contribution in [0, 0.1) is 12.8 Å². The number of nitrogens with one attached hydrogen (secondary N) is 2. The summed E-state index contributed by atoms with van der Waals surface area (Å²) in [5.74, 6) is 1.77. The van der Waals surface area contributed by atoms with Gasteiger partial charge in [0, 0.05) is 25.6 Å². The van der Waals surface area contributed by atoms with Crippen molar-refractivity contribution in [2.75, 3.05) is 20.1 Å². The third-order valence-electron chi connectivity index (χ3n) is 4.01. The maximum Gasteiger partial charge on any atom is 0.191 e. The minimum absolute atomic E-state index is 0.0882. The third kappa shape index (κ3) is 4.26. The van der Waals surface area contributed by atoms with Gasteiger partial charge in [0.15, 0.2) is 5.96 Å². The minimum Gasteiger partial charge on any atom is -0.356 e. The molecule has 1 saturated carbocycles. The molecular weight excluding hydrogens is 246 g/mol. The molecule has 110 valence electrons. The zero-order chi connectivity index (χ0) is 14.6. The Hall–Kier alpha value is -1.51. The van der Waals surface area contributed by atoms with Crippen LogP contribution in [0.25, 0.3) is 0 Å². The van der Waals surface area contributed by atoms with Crippen LogP contribution in [-0.2, 0) is 5.41 Å². The summed E-state index contributed by atoms with van der Waals surface area (Å²) in [7, 11) is 1.83. The van der Waals surface area contributed by atoms with Crippen molar-refractivity contribution < 1.29 is 0 Å². The van der Waals surface area contributed by atoms with Gasteiger partial charge in [-0.25, -0.2) is 0 Å². The lowest BCUT2D eigenvalue weighted by atomic mass is 9.84. The maximum absolute atomic E-state index is 4.29. The number of nitrogens with zero attached hydrogens (tertiary/aromatic N) is 1. The summed E-state index contributed by atoms with van der Waals surface area (Å²) >= 11 is 0. The molecule has 0 bridgehead atoms. The van der Waals surface area contributed by atoms with Gasteiger partial charge in [-0.1, -0.05) is 43.7 Å². The molecule has 0 spiro atoms. The van der Waals surface area contributed by atoms with E-state index in [1.54, 1.807) is 0 Å². The zero-order valence-corrected chi connectivity index (χ0v) is 13.2. The molecule has 1 fully saturated rings. The van der Waals surface area contributed by atoms with Gasteiger partial charge in [0.05, 0.1) is 0 Å². The predicted molar refractivity (Wildman–Crippen MR) is 86.3 cm³/mol. The molecule has 1 aromatic carbocycles. The van der Waals surface area contributed by atoms with Gasteiger partial charge in [0.25, 0.3) is 0 Å². The summed E-state index contributed by atoms with van der Waals surface area (Å²) in [6.07, 6.45) is 2.72. The first-order valence-corrected chi connectivity index (χ1v) is 7.53. The van der Waals surface area contributed by atoms with Crippen molar-refractivity contribution in [3.05, 3.63) is 35.4 Å². The van der Waals surface area contributed by atoms with Crippen molar-refractivity contribution in [1.82, 2.24) is 10.6 Å². The monoisotopic (exact) mass is 273 g/mol. The van der Waals surface area contributed by atoms with Crippen molar-refractivity contribution in [1.29, 1.82) is 0 Å². The van der Waals surface area contributed by atoms with E-state index in [1.165, 1.54) is 24.0 Å². The average molecular weight is 273 g/mol. The zero-order valence-electron chi connectivity index (χ0n) is 13.2. The van der Waals surface area contributed by atoms with Gasteiger partial charge >= 0.3 is 0 Å². The van der Waals surface area contributed by atoms with E-state index in [0.29, 0.717) is 0 Å². The summed E-state index contributed by atoms with van der Waals surface area (Å²) in [6.45, 7) is 8.57. The van der Waals surface area contributed by atoms with Gasteiger partial charge in [-0.05, 0) is 31.2 Å². The Labute approximate surface area is 122 Å². The molecule has 2 N–H and O–H groups in total.